The number of hydrogen-bond acceptors (Lipinski definition) is 21. The van der Waals surface area contributed by atoms with E-state index in [9.17, 15) is 82.4 Å². The lowest BCUT2D eigenvalue weighted by molar-refractivity contribution is -0.145. The fraction of sp³-hybridized carbons (Fsp3) is 0.588. The Morgan fingerprint density at radius 1 is 0.812 bits per heavy atom. The predicted octanol–water partition coefficient (Wildman–Crippen LogP) is -0.476. The summed E-state index contributed by atoms with van der Waals surface area (Å²) < 4.78 is 36.6. The number of benzene rings is 2. The van der Waals surface area contributed by atoms with Gasteiger partial charge in [0.15, 0.2) is 27.2 Å². The molecule has 13 N–H and O–H groups in total. The molecule has 2 saturated heterocycles. The zero-order valence-corrected chi connectivity index (χ0v) is 59.6. The highest BCUT2D eigenvalue weighted by atomic mass is 32.2. The average molecular weight is 1450 g/mol. The molecule has 2 bridgehead atoms. The number of anilines is 1. The number of sulfone groups is 1. The minimum Gasteiger partial charge on any atom is -0.489 e. The molecule has 11 amide bonds. The fourth-order valence-corrected chi connectivity index (χ4v) is 15.6. The van der Waals surface area contributed by atoms with E-state index in [-0.39, 0.29) is 77.1 Å². The van der Waals surface area contributed by atoms with Crippen molar-refractivity contribution in [2.75, 3.05) is 43.9 Å². The molecular formula is C68H93N11O20S2. The van der Waals surface area contributed by atoms with Crippen LogP contribution in [0.25, 0.3) is 10.9 Å². The molecule has 2 aromatic carbocycles. The lowest BCUT2D eigenvalue weighted by Crippen LogP contribution is -2.56. The number of aromatic nitrogens is 1. The SMILES string of the molecule is CC[C@H](C)[C@@H]1NC(=O)CNC(=O)[C@H]2CC(=O)[C@H]([C@@H](C)[C@@H](O)CO)NC(=O)[C@@H]3C[C@@H](O)CN3C(=O)[C@H](CC(N)=O)CC(=O)[C@H](CS(=O)(=O)c3[nH]c4cc(OCc5ccc(NC(=O)[C@H](C)CC(=O)[C@@H](NC(=O)CCN6C(=O)CC(SC(C)(C)C)C6=O)C(C)C)cc5)ccc4c3C2)NC(=O)CNC1=O. The third-order valence-electron chi connectivity index (χ3n) is 18.4. The second-order valence-corrected chi connectivity index (χ2v) is 31.9. The number of ether oxygens (including phenoxy) is 1. The number of Topliss-reactive ketones (excluding diaryl/α,β-unsaturated/α-hetero) is 3. The Hall–Kier alpha value is -8.66. The van der Waals surface area contributed by atoms with Crippen LogP contribution in [0.15, 0.2) is 47.5 Å². The number of carbonyl (C=O) groups excluding carboxylic acids is 14. The van der Waals surface area contributed by atoms with Crippen LogP contribution in [-0.2, 0) is 90.0 Å². The zero-order chi connectivity index (χ0) is 74.7. The number of nitrogens with zero attached hydrogens (tertiary/aromatic N) is 2. The minimum atomic E-state index is -5.00. The maximum Gasteiger partial charge on any atom is 0.243 e. The van der Waals surface area contributed by atoms with Crippen LogP contribution in [0.2, 0.25) is 0 Å². The highest BCUT2D eigenvalue weighted by Gasteiger charge is 2.47. The van der Waals surface area contributed by atoms with Crippen LogP contribution in [-0.4, -0.2) is 212 Å². The number of ketones is 3. The van der Waals surface area contributed by atoms with Crippen LogP contribution < -0.4 is 47.7 Å². The van der Waals surface area contributed by atoms with Gasteiger partial charge in [-0.05, 0) is 53.6 Å². The van der Waals surface area contributed by atoms with E-state index in [1.54, 1.807) is 58.9 Å². The molecular weight excluding hydrogens is 1350 g/mol. The van der Waals surface area contributed by atoms with Crippen molar-refractivity contribution in [3.63, 3.8) is 0 Å². The number of aliphatic hydroxyl groups excluding tert-OH is 3. The van der Waals surface area contributed by atoms with E-state index in [4.69, 9.17) is 10.5 Å². The topological polar surface area (TPSA) is 476 Å². The van der Waals surface area contributed by atoms with Crippen molar-refractivity contribution in [1.82, 2.24) is 46.7 Å². The third-order valence-corrected chi connectivity index (χ3v) is 21.5. The van der Waals surface area contributed by atoms with E-state index >= 15 is 8.42 Å². The Labute approximate surface area is 588 Å². The number of H-pyrrole nitrogens is 1. The minimum absolute atomic E-state index is 0.0360. The monoisotopic (exact) mass is 1450 g/mol. The second-order valence-electron chi connectivity index (χ2n) is 27.9. The maximum absolute atomic E-state index is 15.3. The Morgan fingerprint density at radius 3 is 2.11 bits per heavy atom. The number of nitrogens with one attached hydrogen (secondary N) is 8. The van der Waals surface area contributed by atoms with Gasteiger partial charge in [-0.25, -0.2) is 8.42 Å². The van der Waals surface area contributed by atoms with Crippen LogP contribution in [0.4, 0.5) is 5.69 Å². The summed E-state index contributed by atoms with van der Waals surface area (Å²) in [5.74, 6) is -19.2. The molecule has 552 valence electrons. The third kappa shape index (κ3) is 21.0. The summed E-state index contributed by atoms with van der Waals surface area (Å²) in [6.07, 6.45) is -7.03. The quantitative estimate of drug-likeness (QED) is 0.0600. The van der Waals surface area contributed by atoms with Gasteiger partial charge in [0.2, 0.25) is 65.0 Å². The van der Waals surface area contributed by atoms with E-state index in [1.165, 1.54) is 36.9 Å². The van der Waals surface area contributed by atoms with E-state index in [0.29, 0.717) is 17.7 Å². The smallest absolute Gasteiger partial charge is 0.243 e. The van der Waals surface area contributed by atoms with Gasteiger partial charge >= 0.3 is 0 Å². The van der Waals surface area contributed by atoms with Crippen molar-refractivity contribution in [2.45, 2.75) is 184 Å². The fourth-order valence-electron chi connectivity index (χ4n) is 12.6. The number of imide groups is 1. The summed E-state index contributed by atoms with van der Waals surface area (Å²) in [6, 6.07) is 3.01. The molecule has 1 unspecified atom stereocenters. The van der Waals surface area contributed by atoms with Crippen LogP contribution in [0.5, 0.6) is 5.75 Å². The summed E-state index contributed by atoms with van der Waals surface area (Å²) in [4.78, 5) is 198. The second kappa shape index (κ2) is 34.3. The molecule has 0 aliphatic carbocycles. The van der Waals surface area contributed by atoms with Crippen molar-refractivity contribution in [2.24, 2.45) is 41.2 Å². The summed E-state index contributed by atoms with van der Waals surface area (Å²) in [5, 5.41) is 48.7. The number of nitrogens with two attached hydrogens (primary N) is 1. The van der Waals surface area contributed by atoms with Crippen molar-refractivity contribution in [3.05, 3.63) is 53.6 Å². The molecule has 4 aliphatic heterocycles. The van der Waals surface area contributed by atoms with Gasteiger partial charge in [0.05, 0.1) is 66.4 Å². The standard InChI is InChI=1S/C68H93N11O20S2/c1-10-34(4)59-64(94)71-27-55(88)73-46-32-101(97,98)65-44(20-38(62(92)70-28-56(89)76-59)21-50(84)60(36(6)51(85)30-80)77-63(93)47-24-41(81)29-79(47)66(95)39(22-48(46)82)23-53(69)86)43-16-15-42(25-45(43)74-65)99-31-37-11-13-40(14-12-37)72-61(91)35(5)19-49(83)58(33(2)3)75-54(87)17-18-78-57(90)26-52(67(78)96)100-68(7,8)9/h11-16,25,33-36,38-39,41,46-47,51-52,58-60,74,80-81,85H,10,17-24,26-32H2,1-9H3,(H2,69,86)(H,70,92)(H,71,94)(H,72,91)(H,73,88)(H,75,87)(H,76,89)(H,77,93)/t34-,35+,36-,38+,39-,41+,46-,47-,51-,52?,58-,59-,60-/m0/s1. The molecule has 7 rings (SSSR count). The van der Waals surface area contributed by atoms with Crippen molar-refractivity contribution < 1.29 is 95.6 Å². The molecule has 0 spiro atoms. The predicted molar refractivity (Wildman–Crippen MR) is 366 cm³/mol. The number of fused-ring (bicyclic) bond motifs is 5. The lowest BCUT2D eigenvalue weighted by atomic mass is 9.85. The van der Waals surface area contributed by atoms with Gasteiger partial charge in [-0.2, -0.15) is 0 Å². The van der Waals surface area contributed by atoms with Gasteiger partial charge in [0.25, 0.3) is 0 Å². The molecule has 101 heavy (non-hydrogen) atoms. The number of aliphatic hydroxyl groups is 3. The normalized spacial score (nSPS) is 24.6. The van der Waals surface area contributed by atoms with E-state index in [1.807, 2.05) is 20.8 Å². The van der Waals surface area contributed by atoms with E-state index in [2.05, 4.69) is 42.2 Å². The molecule has 13 atom stereocenters. The van der Waals surface area contributed by atoms with Crippen molar-refractivity contribution in [1.29, 1.82) is 0 Å². The van der Waals surface area contributed by atoms with Crippen LogP contribution >= 0.6 is 11.8 Å². The lowest BCUT2D eigenvalue weighted by Gasteiger charge is -2.32. The van der Waals surface area contributed by atoms with E-state index in [0.717, 1.165) is 9.80 Å². The largest absolute Gasteiger partial charge is 0.489 e. The van der Waals surface area contributed by atoms with Crippen LogP contribution in [0.1, 0.15) is 125 Å². The molecule has 4 aliphatic rings. The van der Waals surface area contributed by atoms with E-state index < -0.39 is 227 Å². The Kier molecular flexibility index (Phi) is 27.1. The molecule has 33 heteroatoms. The summed E-state index contributed by atoms with van der Waals surface area (Å²) in [5.41, 5.74) is 6.41. The first-order valence-electron chi connectivity index (χ1n) is 33.7. The molecule has 2 fully saturated rings. The number of likely N-dealkylation sites (tertiary alicyclic amines) is 1. The van der Waals surface area contributed by atoms with Crippen LogP contribution in [0.3, 0.4) is 0 Å². The average Bonchev–Trinajstić information content (AvgIpc) is 1.63. The number of carbonyl (C=O) groups is 14. The zero-order valence-electron chi connectivity index (χ0n) is 58.0. The first kappa shape index (κ1) is 79.7. The number of thioether (sulfide) groups is 1. The number of amides is 11. The van der Waals surface area contributed by atoms with Gasteiger partial charge in [-0.1, -0.05) is 80.9 Å². The maximum atomic E-state index is 15.3. The van der Waals surface area contributed by atoms with Gasteiger partial charge in [0, 0.05) is 97.7 Å². The Balaban J connectivity index is 1.17. The Bertz CT molecular complexity index is 3800. The molecule has 3 aromatic rings. The first-order valence-corrected chi connectivity index (χ1v) is 36.2. The number of aromatic amines is 1. The summed E-state index contributed by atoms with van der Waals surface area (Å²) >= 11 is 1.38. The molecule has 0 saturated carbocycles. The number of primary amides is 1. The molecule has 31 nitrogen and oxygen atoms in total. The van der Waals surface area contributed by atoms with Gasteiger partial charge in [-0.3, -0.25) is 72.0 Å². The van der Waals surface area contributed by atoms with Crippen molar-refractivity contribution >= 4 is 121 Å². The summed E-state index contributed by atoms with van der Waals surface area (Å²) in [7, 11) is -5.00. The number of hydrogen-bond donors (Lipinski definition) is 12. The van der Waals surface area contributed by atoms with Gasteiger partial charge in [0.1, 0.15) is 35.5 Å². The molecule has 1 aromatic heterocycles. The highest BCUT2D eigenvalue weighted by molar-refractivity contribution is 8.01. The van der Waals surface area contributed by atoms with Crippen molar-refractivity contribution in [3.8, 4) is 5.75 Å². The van der Waals surface area contributed by atoms with Gasteiger partial charge in [-0.15, -0.1) is 11.8 Å². The van der Waals surface area contributed by atoms with Gasteiger partial charge < -0.3 is 72.9 Å². The Morgan fingerprint density at radius 2 is 1.48 bits per heavy atom. The summed E-state index contributed by atoms with van der Waals surface area (Å²) in [6.45, 7) is 12.0. The molecule has 5 heterocycles. The first-order chi connectivity index (χ1) is 47.4. The molecule has 0 radical (unpaired) electrons. The van der Waals surface area contributed by atoms with Crippen LogP contribution in [0, 0.1) is 35.5 Å². The highest BCUT2D eigenvalue weighted by Crippen LogP contribution is 2.37. The number of rotatable bonds is 21.